The van der Waals surface area contributed by atoms with Crippen LogP contribution in [0.4, 0.5) is 4.39 Å². The van der Waals surface area contributed by atoms with E-state index < -0.39 is 38.9 Å². The number of halogens is 1. The molecular formula is C23H26FNO5S. The fourth-order valence-electron chi connectivity index (χ4n) is 3.89. The first-order valence-corrected chi connectivity index (χ1v) is 11.6. The van der Waals surface area contributed by atoms with Crippen molar-refractivity contribution in [3.8, 4) is 0 Å². The van der Waals surface area contributed by atoms with E-state index in [1.807, 2.05) is 6.07 Å². The van der Waals surface area contributed by atoms with Crippen molar-refractivity contribution in [2.24, 2.45) is 0 Å². The lowest BCUT2D eigenvalue weighted by atomic mass is 10.1. The summed E-state index contributed by atoms with van der Waals surface area (Å²) in [4.78, 5) is 25.2. The highest BCUT2D eigenvalue weighted by atomic mass is 32.2. The summed E-state index contributed by atoms with van der Waals surface area (Å²) in [6, 6.07) is 11.1. The Morgan fingerprint density at radius 2 is 1.77 bits per heavy atom. The van der Waals surface area contributed by atoms with Gasteiger partial charge >= 0.3 is 5.97 Å². The molecule has 31 heavy (non-hydrogen) atoms. The lowest BCUT2D eigenvalue weighted by Gasteiger charge is -2.27. The number of hydrogen-bond acceptors (Lipinski definition) is 5. The van der Waals surface area contributed by atoms with E-state index in [2.05, 4.69) is 5.32 Å². The average molecular weight is 448 g/mol. The van der Waals surface area contributed by atoms with Crippen LogP contribution < -0.4 is 5.32 Å². The fourth-order valence-corrected chi connectivity index (χ4v) is 6.24. The predicted molar refractivity (Wildman–Crippen MR) is 114 cm³/mol. The molecule has 0 atom stereocenters. The first-order chi connectivity index (χ1) is 14.7. The van der Waals surface area contributed by atoms with Gasteiger partial charge in [-0.15, -0.1) is 0 Å². The zero-order chi connectivity index (χ0) is 22.6. The minimum absolute atomic E-state index is 0.0605. The summed E-state index contributed by atoms with van der Waals surface area (Å²) < 4.78 is 44.2. The van der Waals surface area contributed by atoms with Crippen LogP contribution in [0.15, 0.2) is 47.4 Å². The number of ether oxygens (including phenoxy) is 1. The molecule has 1 amide bonds. The van der Waals surface area contributed by atoms with Crippen molar-refractivity contribution in [1.82, 2.24) is 5.32 Å². The summed E-state index contributed by atoms with van der Waals surface area (Å²) in [5, 5.41) is 2.48. The Morgan fingerprint density at radius 1 is 1.10 bits per heavy atom. The number of aryl methyl sites for hydroxylation is 2. The summed E-state index contributed by atoms with van der Waals surface area (Å²) in [5.41, 5.74) is 1.64. The van der Waals surface area contributed by atoms with Gasteiger partial charge < -0.3 is 10.1 Å². The van der Waals surface area contributed by atoms with Crippen LogP contribution in [0.1, 0.15) is 42.4 Å². The van der Waals surface area contributed by atoms with Crippen LogP contribution in [0.5, 0.6) is 0 Å². The SMILES string of the molecule is Cc1ccc(C)c(S(=O)(=O)C2(C(=O)OCC(=O)NCc3ccccc3F)CCCC2)c1. The van der Waals surface area contributed by atoms with Gasteiger partial charge in [-0.2, -0.15) is 0 Å². The molecule has 0 bridgehead atoms. The third-order valence-corrected chi connectivity index (χ3v) is 8.32. The van der Waals surface area contributed by atoms with E-state index in [4.69, 9.17) is 4.74 Å². The largest absolute Gasteiger partial charge is 0.454 e. The molecule has 0 saturated heterocycles. The maximum Gasteiger partial charge on any atom is 0.328 e. The number of nitrogens with one attached hydrogen (secondary N) is 1. The fraction of sp³-hybridized carbons (Fsp3) is 0.391. The van der Waals surface area contributed by atoms with Gasteiger partial charge in [0.1, 0.15) is 5.82 Å². The standard InChI is InChI=1S/C23H26FNO5S/c1-16-9-10-17(2)20(13-16)31(28,29)23(11-5-6-12-23)22(27)30-15-21(26)25-14-18-7-3-4-8-19(18)24/h3-4,7-10,13H,5-6,11-12,14-15H2,1-2H3,(H,25,26). The van der Waals surface area contributed by atoms with E-state index in [9.17, 15) is 22.4 Å². The van der Waals surface area contributed by atoms with Crippen LogP contribution in [0.3, 0.4) is 0 Å². The number of sulfone groups is 1. The van der Waals surface area contributed by atoms with Gasteiger partial charge in [0, 0.05) is 12.1 Å². The van der Waals surface area contributed by atoms with E-state index in [0.717, 1.165) is 5.56 Å². The smallest absolute Gasteiger partial charge is 0.328 e. The molecule has 166 valence electrons. The molecule has 1 fully saturated rings. The molecule has 6 nitrogen and oxygen atoms in total. The number of esters is 1. The van der Waals surface area contributed by atoms with Crippen LogP contribution in [0.2, 0.25) is 0 Å². The molecular weight excluding hydrogens is 421 g/mol. The lowest BCUT2D eigenvalue weighted by Crippen LogP contribution is -2.46. The van der Waals surface area contributed by atoms with Gasteiger partial charge in [-0.3, -0.25) is 9.59 Å². The highest BCUT2D eigenvalue weighted by molar-refractivity contribution is 7.93. The quantitative estimate of drug-likeness (QED) is 0.657. The van der Waals surface area contributed by atoms with E-state index in [1.54, 1.807) is 38.1 Å². The zero-order valence-corrected chi connectivity index (χ0v) is 18.4. The molecule has 0 spiro atoms. The normalized spacial score (nSPS) is 15.5. The van der Waals surface area contributed by atoms with Crippen LogP contribution in [-0.4, -0.2) is 31.6 Å². The molecule has 0 unspecified atom stereocenters. The van der Waals surface area contributed by atoms with Crippen LogP contribution in [-0.2, 0) is 30.7 Å². The molecule has 2 aromatic carbocycles. The third-order valence-electron chi connectivity index (χ3n) is 5.70. The Kier molecular flexibility index (Phi) is 6.79. The molecule has 1 aliphatic carbocycles. The summed E-state index contributed by atoms with van der Waals surface area (Å²) in [6.07, 6.45) is 1.47. The topological polar surface area (TPSA) is 89.5 Å². The molecule has 1 N–H and O–H groups in total. The van der Waals surface area contributed by atoms with Gasteiger partial charge in [-0.1, -0.05) is 43.2 Å². The summed E-state index contributed by atoms with van der Waals surface area (Å²) >= 11 is 0. The van der Waals surface area contributed by atoms with Crippen molar-refractivity contribution < 1.29 is 27.1 Å². The van der Waals surface area contributed by atoms with E-state index in [-0.39, 0.29) is 24.3 Å². The maximum absolute atomic E-state index is 13.7. The zero-order valence-electron chi connectivity index (χ0n) is 17.6. The Bertz CT molecular complexity index is 1090. The maximum atomic E-state index is 13.7. The predicted octanol–water partition coefficient (Wildman–Crippen LogP) is 3.39. The van der Waals surface area contributed by atoms with Gasteiger partial charge in [0.05, 0.1) is 4.90 Å². The van der Waals surface area contributed by atoms with Crippen LogP contribution in [0, 0.1) is 19.7 Å². The number of carbonyl (C=O) groups is 2. The van der Waals surface area contributed by atoms with Crippen molar-refractivity contribution in [1.29, 1.82) is 0 Å². The number of hydrogen-bond donors (Lipinski definition) is 1. The van der Waals surface area contributed by atoms with E-state index >= 15 is 0 Å². The first-order valence-electron chi connectivity index (χ1n) is 10.2. The Hall–Kier alpha value is -2.74. The number of benzene rings is 2. The number of carbonyl (C=O) groups excluding carboxylic acids is 2. The molecule has 8 heteroatoms. The van der Waals surface area contributed by atoms with Gasteiger partial charge in [0.2, 0.25) is 0 Å². The number of amides is 1. The first kappa shape index (κ1) is 22.9. The average Bonchev–Trinajstić information content (AvgIpc) is 3.25. The molecule has 1 saturated carbocycles. The Labute approximate surface area is 181 Å². The highest BCUT2D eigenvalue weighted by Gasteiger charge is 2.54. The van der Waals surface area contributed by atoms with E-state index in [0.29, 0.717) is 24.0 Å². The molecule has 0 aliphatic heterocycles. The van der Waals surface area contributed by atoms with Crippen LogP contribution in [0.25, 0.3) is 0 Å². The van der Waals surface area contributed by atoms with Gasteiger partial charge in [0.15, 0.2) is 21.2 Å². The Morgan fingerprint density at radius 3 is 2.45 bits per heavy atom. The van der Waals surface area contributed by atoms with Crippen molar-refractivity contribution in [3.63, 3.8) is 0 Å². The molecule has 3 rings (SSSR count). The number of rotatable bonds is 7. The summed E-state index contributed by atoms with van der Waals surface area (Å²) in [6.45, 7) is 2.79. The van der Waals surface area contributed by atoms with Crippen LogP contribution >= 0.6 is 0 Å². The van der Waals surface area contributed by atoms with E-state index in [1.165, 1.54) is 12.1 Å². The molecule has 0 radical (unpaired) electrons. The minimum Gasteiger partial charge on any atom is -0.454 e. The lowest BCUT2D eigenvalue weighted by molar-refractivity contribution is -0.151. The van der Waals surface area contributed by atoms with Crippen molar-refractivity contribution in [2.75, 3.05) is 6.61 Å². The van der Waals surface area contributed by atoms with Gasteiger partial charge in [-0.05, 0) is 49.9 Å². The Balaban J connectivity index is 1.72. The van der Waals surface area contributed by atoms with Crippen molar-refractivity contribution in [2.45, 2.75) is 55.7 Å². The second-order valence-electron chi connectivity index (χ2n) is 7.92. The molecule has 2 aromatic rings. The second-order valence-corrected chi connectivity index (χ2v) is 10.1. The molecule has 0 aromatic heterocycles. The third kappa shape index (κ3) is 4.63. The second kappa shape index (κ2) is 9.18. The highest BCUT2D eigenvalue weighted by Crippen LogP contribution is 2.42. The molecule has 1 aliphatic rings. The minimum atomic E-state index is -4.02. The monoisotopic (exact) mass is 447 g/mol. The van der Waals surface area contributed by atoms with Gasteiger partial charge in [-0.25, -0.2) is 12.8 Å². The summed E-state index contributed by atoms with van der Waals surface area (Å²) in [5.74, 6) is -2.00. The van der Waals surface area contributed by atoms with Crippen molar-refractivity contribution in [3.05, 3.63) is 65.0 Å². The van der Waals surface area contributed by atoms with Gasteiger partial charge in [0.25, 0.3) is 5.91 Å². The van der Waals surface area contributed by atoms with Crippen molar-refractivity contribution >= 4 is 21.7 Å². The summed E-state index contributed by atoms with van der Waals surface area (Å²) in [7, 11) is -4.02. The molecule has 0 heterocycles.